The predicted octanol–water partition coefficient (Wildman–Crippen LogP) is 1.72. The zero-order valence-electron chi connectivity index (χ0n) is 13.6. The number of carbonyl (C=O) groups is 1. The summed E-state index contributed by atoms with van der Waals surface area (Å²) in [5.74, 6) is -0.287. The molecule has 5 nitrogen and oxygen atoms in total. The van der Waals surface area contributed by atoms with E-state index in [1.165, 1.54) is 6.42 Å². The number of primary amides is 1. The molecule has 3 rings (SSSR count). The van der Waals surface area contributed by atoms with Crippen molar-refractivity contribution in [1.29, 1.82) is 0 Å². The summed E-state index contributed by atoms with van der Waals surface area (Å²) in [6.07, 6.45) is 5.38. The van der Waals surface area contributed by atoms with Crippen LogP contribution in [0.2, 0.25) is 0 Å². The van der Waals surface area contributed by atoms with Gasteiger partial charge in [0.05, 0.1) is 6.10 Å². The van der Waals surface area contributed by atoms with Gasteiger partial charge in [0.25, 0.3) is 0 Å². The van der Waals surface area contributed by atoms with E-state index >= 15 is 0 Å². The predicted molar refractivity (Wildman–Crippen MR) is 91.1 cm³/mol. The molecule has 5 heteroatoms. The number of piperidine rings is 1. The monoisotopic (exact) mass is 317 g/mol. The van der Waals surface area contributed by atoms with E-state index in [1.54, 1.807) is 0 Å². The molecule has 0 spiro atoms. The van der Waals surface area contributed by atoms with Crippen LogP contribution < -0.4 is 11.1 Å². The van der Waals surface area contributed by atoms with E-state index in [0.717, 1.165) is 38.0 Å². The Hall–Kier alpha value is -1.59. The third kappa shape index (κ3) is 3.51. The fourth-order valence-electron chi connectivity index (χ4n) is 3.99. The van der Waals surface area contributed by atoms with Crippen molar-refractivity contribution in [3.05, 3.63) is 30.3 Å². The molecule has 1 heterocycles. The molecule has 0 radical (unpaired) electrons. The van der Waals surface area contributed by atoms with Crippen molar-refractivity contribution in [2.45, 2.75) is 56.2 Å². The second-order valence-electron chi connectivity index (χ2n) is 6.89. The minimum absolute atomic E-state index is 0.230. The van der Waals surface area contributed by atoms with Crippen molar-refractivity contribution in [3.63, 3.8) is 0 Å². The molecule has 4 N–H and O–H groups in total. The van der Waals surface area contributed by atoms with E-state index in [2.05, 4.69) is 10.2 Å². The maximum atomic E-state index is 12.1. The number of rotatable bonds is 4. The van der Waals surface area contributed by atoms with Crippen LogP contribution in [0.4, 0.5) is 5.69 Å². The number of nitrogens with two attached hydrogens (primary N) is 1. The summed E-state index contributed by atoms with van der Waals surface area (Å²) < 4.78 is 0. The van der Waals surface area contributed by atoms with Gasteiger partial charge in [0.1, 0.15) is 5.54 Å². The normalized spacial score (nSPS) is 28.2. The van der Waals surface area contributed by atoms with Crippen molar-refractivity contribution < 1.29 is 9.90 Å². The lowest BCUT2D eigenvalue weighted by atomic mass is 9.83. The fraction of sp³-hybridized carbons (Fsp3) is 0.611. The summed E-state index contributed by atoms with van der Waals surface area (Å²) in [6.45, 7) is 1.59. The zero-order valence-corrected chi connectivity index (χ0v) is 13.6. The van der Waals surface area contributed by atoms with E-state index < -0.39 is 5.54 Å². The van der Waals surface area contributed by atoms with Crippen LogP contribution in [-0.2, 0) is 4.79 Å². The maximum Gasteiger partial charge on any atom is 0.243 e. The Kier molecular flexibility index (Phi) is 4.87. The number of carbonyl (C=O) groups excluding carboxylic acids is 1. The first-order valence-corrected chi connectivity index (χ1v) is 8.66. The Balaban J connectivity index is 1.67. The van der Waals surface area contributed by atoms with Gasteiger partial charge in [-0.25, -0.2) is 0 Å². The van der Waals surface area contributed by atoms with Gasteiger partial charge in [0.2, 0.25) is 5.91 Å². The zero-order chi connectivity index (χ0) is 16.3. The van der Waals surface area contributed by atoms with Gasteiger partial charge >= 0.3 is 0 Å². The van der Waals surface area contributed by atoms with Gasteiger partial charge in [0, 0.05) is 24.8 Å². The van der Waals surface area contributed by atoms with Gasteiger partial charge in [-0.15, -0.1) is 0 Å². The number of aliphatic hydroxyl groups is 1. The van der Waals surface area contributed by atoms with Gasteiger partial charge in [-0.05, 0) is 37.8 Å². The number of para-hydroxylation sites is 1. The quantitative estimate of drug-likeness (QED) is 0.790. The first kappa shape index (κ1) is 16.3. The summed E-state index contributed by atoms with van der Waals surface area (Å²) >= 11 is 0. The topological polar surface area (TPSA) is 78.6 Å². The molecule has 1 aromatic rings. The Labute approximate surface area is 137 Å². The van der Waals surface area contributed by atoms with Gasteiger partial charge in [-0.2, -0.15) is 0 Å². The van der Waals surface area contributed by atoms with Crippen LogP contribution in [-0.4, -0.2) is 46.7 Å². The summed E-state index contributed by atoms with van der Waals surface area (Å²) in [6, 6.07) is 10.0. The molecule has 1 saturated heterocycles. The van der Waals surface area contributed by atoms with E-state index in [0.29, 0.717) is 12.8 Å². The molecular formula is C18H27N3O2. The SMILES string of the molecule is NC(=O)C1(Nc2ccccc2)CCN([C@H]2CCCC[C@@H]2O)CC1. The molecule has 2 fully saturated rings. The molecule has 1 amide bonds. The molecule has 0 unspecified atom stereocenters. The van der Waals surface area contributed by atoms with Crippen LogP contribution in [0.5, 0.6) is 0 Å². The van der Waals surface area contributed by atoms with Crippen molar-refractivity contribution in [2.75, 3.05) is 18.4 Å². The lowest BCUT2D eigenvalue weighted by Crippen LogP contribution is -2.59. The largest absolute Gasteiger partial charge is 0.391 e. The summed E-state index contributed by atoms with van der Waals surface area (Å²) in [5.41, 5.74) is 5.98. The Morgan fingerprint density at radius 2 is 1.83 bits per heavy atom. The van der Waals surface area contributed by atoms with Crippen molar-refractivity contribution in [2.24, 2.45) is 5.73 Å². The maximum absolute atomic E-state index is 12.1. The number of nitrogens with zero attached hydrogens (tertiary/aromatic N) is 1. The average Bonchev–Trinajstić information content (AvgIpc) is 2.57. The third-order valence-electron chi connectivity index (χ3n) is 5.44. The molecular weight excluding hydrogens is 290 g/mol. The minimum atomic E-state index is -0.683. The summed E-state index contributed by atoms with van der Waals surface area (Å²) in [7, 11) is 0. The number of amides is 1. The highest BCUT2D eigenvalue weighted by Gasteiger charge is 2.42. The van der Waals surface area contributed by atoms with Crippen LogP contribution >= 0.6 is 0 Å². The smallest absolute Gasteiger partial charge is 0.243 e. The Bertz CT molecular complexity index is 526. The number of benzene rings is 1. The highest BCUT2D eigenvalue weighted by molar-refractivity contribution is 5.88. The lowest BCUT2D eigenvalue weighted by Gasteiger charge is -2.45. The second kappa shape index (κ2) is 6.89. The number of aliphatic hydroxyl groups excluding tert-OH is 1. The molecule has 1 saturated carbocycles. The molecule has 0 aromatic heterocycles. The first-order valence-electron chi connectivity index (χ1n) is 8.66. The number of hydrogen-bond donors (Lipinski definition) is 3. The van der Waals surface area contributed by atoms with Crippen LogP contribution in [0.15, 0.2) is 30.3 Å². The van der Waals surface area contributed by atoms with Crippen molar-refractivity contribution in [1.82, 2.24) is 4.90 Å². The van der Waals surface area contributed by atoms with Gasteiger partial charge in [0.15, 0.2) is 0 Å². The highest BCUT2D eigenvalue weighted by atomic mass is 16.3. The Morgan fingerprint density at radius 1 is 1.17 bits per heavy atom. The highest BCUT2D eigenvalue weighted by Crippen LogP contribution is 2.31. The third-order valence-corrected chi connectivity index (χ3v) is 5.44. The lowest BCUT2D eigenvalue weighted by molar-refractivity contribution is -0.124. The molecule has 0 bridgehead atoms. The van der Waals surface area contributed by atoms with Gasteiger partial charge < -0.3 is 16.2 Å². The Morgan fingerprint density at radius 3 is 2.43 bits per heavy atom. The molecule has 23 heavy (non-hydrogen) atoms. The second-order valence-corrected chi connectivity index (χ2v) is 6.89. The van der Waals surface area contributed by atoms with Crippen molar-refractivity contribution >= 4 is 11.6 Å². The number of nitrogens with one attached hydrogen (secondary N) is 1. The minimum Gasteiger partial charge on any atom is -0.391 e. The van der Waals surface area contributed by atoms with Crippen LogP contribution in [0, 0.1) is 0 Å². The first-order chi connectivity index (χ1) is 11.1. The molecule has 126 valence electrons. The van der Waals surface area contributed by atoms with E-state index in [1.807, 2.05) is 30.3 Å². The molecule has 1 aromatic carbocycles. The average molecular weight is 317 g/mol. The molecule has 1 aliphatic heterocycles. The van der Waals surface area contributed by atoms with Crippen LogP contribution in [0.3, 0.4) is 0 Å². The standard InChI is InChI=1S/C18H27N3O2/c19-17(23)18(20-14-6-2-1-3-7-14)10-12-21(13-11-18)15-8-4-5-9-16(15)22/h1-3,6-7,15-16,20,22H,4-5,8-13H2,(H2,19,23)/t15-,16-/m0/s1. The summed E-state index contributed by atoms with van der Waals surface area (Å²) in [5, 5.41) is 13.6. The van der Waals surface area contributed by atoms with Crippen LogP contribution in [0.1, 0.15) is 38.5 Å². The van der Waals surface area contributed by atoms with Gasteiger partial charge in [-0.3, -0.25) is 9.69 Å². The van der Waals surface area contributed by atoms with Gasteiger partial charge in [-0.1, -0.05) is 31.0 Å². The molecule has 1 aliphatic carbocycles. The molecule has 2 aliphatic rings. The number of likely N-dealkylation sites (tertiary alicyclic amines) is 1. The van der Waals surface area contributed by atoms with Crippen LogP contribution in [0.25, 0.3) is 0 Å². The van der Waals surface area contributed by atoms with E-state index in [9.17, 15) is 9.90 Å². The fourth-order valence-corrected chi connectivity index (χ4v) is 3.99. The molecule has 2 atom stereocenters. The number of anilines is 1. The number of hydrogen-bond acceptors (Lipinski definition) is 4. The summed E-state index contributed by atoms with van der Waals surface area (Å²) in [4.78, 5) is 14.5. The van der Waals surface area contributed by atoms with E-state index in [-0.39, 0.29) is 18.1 Å². The van der Waals surface area contributed by atoms with Crippen molar-refractivity contribution in [3.8, 4) is 0 Å². The van der Waals surface area contributed by atoms with E-state index in [4.69, 9.17) is 5.73 Å².